The summed E-state index contributed by atoms with van der Waals surface area (Å²) in [7, 11) is 0. The summed E-state index contributed by atoms with van der Waals surface area (Å²) in [5.74, 6) is -3.14. The van der Waals surface area contributed by atoms with Crippen molar-refractivity contribution in [1.82, 2.24) is 0 Å². The summed E-state index contributed by atoms with van der Waals surface area (Å²) in [6.45, 7) is 0.299. The van der Waals surface area contributed by atoms with Crippen LogP contribution in [0.1, 0.15) is 0 Å². The Balaban J connectivity index is 1.75. The highest BCUT2D eigenvalue weighted by atomic mass is 35.5. The minimum absolute atomic E-state index is 0.252. The molecule has 108 valence electrons. The summed E-state index contributed by atoms with van der Waals surface area (Å²) in [5, 5.41) is 11.9. The van der Waals surface area contributed by atoms with Crippen LogP contribution in [0.25, 0.3) is 0 Å². The molecule has 5 nitrogen and oxygen atoms in total. The lowest BCUT2D eigenvalue weighted by molar-refractivity contribution is -0.313. The zero-order chi connectivity index (χ0) is 14.8. The van der Waals surface area contributed by atoms with Gasteiger partial charge in [-0.15, -0.1) is 0 Å². The van der Waals surface area contributed by atoms with Crippen molar-refractivity contribution in [3.05, 3.63) is 41.4 Å². The number of carbonyl (C=O) groups excluding carboxylic acids is 2. The van der Waals surface area contributed by atoms with Crippen LogP contribution in [0.5, 0.6) is 0 Å². The van der Waals surface area contributed by atoms with Gasteiger partial charge >= 0.3 is 0 Å². The van der Waals surface area contributed by atoms with E-state index in [0.29, 0.717) is 17.3 Å². The Morgan fingerprint density at radius 1 is 1.48 bits per heavy atom. The predicted molar refractivity (Wildman–Crippen MR) is 72.5 cm³/mol. The van der Waals surface area contributed by atoms with E-state index in [2.05, 4.69) is 0 Å². The minimum atomic E-state index is -1.24. The maximum Gasteiger partial charge on any atom is 0.234 e. The molecule has 1 aromatic carbocycles. The molecule has 1 amide bonds. The first-order chi connectivity index (χ1) is 10.0. The summed E-state index contributed by atoms with van der Waals surface area (Å²) in [6, 6.07) is 6.92. The second-order valence-corrected chi connectivity index (χ2v) is 6.06. The number of nitrogens with zero attached hydrogens (tertiary/aromatic N) is 1. The van der Waals surface area contributed by atoms with Crippen molar-refractivity contribution in [2.75, 3.05) is 11.4 Å². The van der Waals surface area contributed by atoms with Crippen LogP contribution in [0.2, 0.25) is 5.02 Å². The molecule has 2 saturated heterocycles. The van der Waals surface area contributed by atoms with Crippen molar-refractivity contribution in [2.45, 2.75) is 11.7 Å². The number of amides is 1. The Morgan fingerprint density at radius 2 is 2.29 bits per heavy atom. The quantitative estimate of drug-likeness (QED) is 0.741. The molecule has 1 aromatic rings. The molecule has 1 spiro atoms. The highest BCUT2D eigenvalue weighted by molar-refractivity contribution is 6.31. The number of hydrogen-bond donors (Lipinski definition) is 0. The van der Waals surface area contributed by atoms with Gasteiger partial charge in [0.25, 0.3) is 0 Å². The first kappa shape index (κ1) is 12.9. The summed E-state index contributed by atoms with van der Waals surface area (Å²) < 4.78 is 5.78. The third-order valence-corrected chi connectivity index (χ3v) is 4.73. The number of carboxylic acid groups (broad SMARTS) is 1. The van der Waals surface area contributed by atoms with Gasteiger partial charge in [-0.2, -0.15) is 0 Å². The first-order valence-electron chi connectivity index (χ1n) is 6.67. The maximum absolute atomic E-state index is 12.7. The molecule has 4 unspecified atom stereocenters. The number of anilines is 1. The molecule has 4 atom stereocenters. The van der Waals surface area contributed by atoms with E-state index < -0.39 is 29.5 Å². The van der Waals surface area contributed by atoms with Gasteiger partial charge in [-0.3, -0.25) is 4.79 Å². The number of rotatable bonds is 2. The zero-order valence-corrected chi connectivity index (χ0v) is 11.6. The Bertz CT molecular complexity index is 688. The van der Waals surface area contributed by atoms with Gasteiger partial charge in [0.05, 0.1) is 18.6 Å². The molecule has 4 rings (SSSR count). The molecule has 0 saturated carbocycles. The van der Waals surface area contributed by atoms with Crippen molar-refractivity contribution >= 4 is 29.2 Å². The normalized spacial score (nSPS) is 36.3. The molecule has 2 bridgehead atoms. The van der Waals surface area contributed by atoms with Crippen LogP contribution in [0.3, 0.4) is 0 Å². The molecule has 0 N–H and O–H groups in total. The summed E-state index contributed by atoms with van der Waals surface area (Å²) in [4.78, 5) is 25.6. The Morgan fingerprint density at radius 3 is 3.00 bits per heavy atom. The molecule has 3 aliphatic heterocycles. The fourth-order valence-electron chi connectivity index (χ4n) is 3.63. The number of carbonyl (C=O) groups is 2. The third-order valence-electron chi connectivity index (χ3n) is 4.49. The highest BCUT2D eigenvalue weighted by Crippen LogP contribution is 2.52. The van der Waals surface area contributed by atoms with Crippen LogP contribution in [-0.4, -0.2) is 30.1 Å². The molecule has 2 fully saturated rings. The average Bonchev–Trinajstić information content (AvgIpc) is 3.07. The zero-order valence-electron chi connectivity index (χ0n) is 10.9. The second-order valence-electron chi connectivity index (χ2n) is 5.62. The Labute approximate surface area is 125 Å². The topological polar surface area (TPSA) is 69.7 Å². The number of benzene rings is 1. The van der Waals surface area contributed by atoms with E-state index in [0.717, 1.165) is 0 Å². The van der Waals surface area contributed by atoms with Crippen LogP contribution < -0.4 is 10.0 Å². The van der Waals surface area contributed by atoms with E-state index in [9.17, 15) is 14.7 Å². The van der Waals surface area contributed by atoms with Crippen molar-refractivity contribution in [3.8, 4) is 0 Å². The van der Waals surface area contributed by atoms with Gasteiger partial charge in [0.2, 0.25) is 5.91 Å². The van der Waals surface area contributed by atoms with Gasteiger partial charge in [0.1, 0.15) is 5.60 Å². The van der Waals surface area contributed by atoms with E-state index in [-0.39, 0.29) is 5.91 Å². The van der Waals surface area contributed by atoms with Gasteiger partial charge < -0.3 is 19.5 Å². The highest BCUT2D eigenvalue weighted by Gasteiger charge is 2.65. The summed E-state index contributed by atoms with van der Waals surface area (Å²) >= 11 is 5.96. The van der Waals surface area contributed by atoms with Gasteiger partial charge in [0.15, 0.2) is 0 Å². The Hall–Kier alpha value is -1.85. The van der Waals surface area contributed by atoms with E-state index >= 15 is 0 Å². The predicted octanol–water partition coefficient (Wildman–Crippen LogP) is 0.376. The Kier molecular flexibility index (Phi) is 2.50. The summed E-state index contributed by atoms with van der Waals surface area (Å²) in [6.07, 6.45) is 2.96. The standard InChI is InChI=1S/C15H12ClNO4/c16-8-2-1-3-9(6-8)17-7-15-5-4-10(21-15)11(14(19)20)12(15)13(17)18/h1-6,10-12H,7H2,(H,19,20)/p-1. The van der Waals surface area contributed by atoms with Crippen LogP contribution >= 0.6 is 11.6 Å². The fourth-order valence-corrected chi connectivity index (χ4v) is 3.81. The lowest BCUT2D eigenvalue weighted by atomic mass is 9.77. The number of fused-ring (bicyclic) bond motifs is 1. The van der Waals surface area contributed by atoms with E-state index in [1.807, 2.05) is 6.08 Å². The van der Waals surface area contributed by atoms with Gasteiger partial charge in [-0.25, -0.2) is 0 Å². The first-order valence-corrected chi connectivity index (χ1v) is 7.05. The van der Waals surface area contributed by atoms with Crippen LogP contribution in [0.4, 0.5) is 5.69 Å². The molecule has 0 aliphatic carbocycles. The lowest BCUT2D eigenvalue weighted by Crippen LogP contribution is -2.45. The number of carboxylic acids is 1. The van der Waals surface area contributed by atoms with Crippen molar-refractivity contribution < 1.29 is 19.4 Å². The minimum Gasteiger partial charge on any atom is -0.550 e. The molecular formula is C15H11ClNO4-. The molecule has 0 aromatic heterocycles. The lowest BCUT2D eigenvalue weighted by Gasteiger charge is -2.24. The second kappa shape index (κ2) is 4.08. The molecule has 0 radical (unpaired) electrons. The average molecular weight is 305 g/mol. The van der Waals surface area contributed by atoms with E-state index in [4.69, 9.17) is 16.3 Å². The SMILES string of the molecule is O=C([O-])C1C2C=CC3(CN(c4cccc(Cl)c4)C(=O)C13)O2. The van der Waals surface area contributed by atoms with Gasteiger partial charge in [0, 0.05) is 22.6 Å². The number of aliphatic carboxylic acids is 1. The summed E-state index contributed by atoms with van der Waals surface area (Å²) in [5.41, 5.74) is -0.205. The van der Waals surface area contributed by atoms with E-state index in [1.165, 1.54) is 0 Å². The van der Waals surface area contributed by atoms with Crippen molar-refractivity contribution in [1.29, 1.82) is 0 Å². The third kappa shape index (κ3) is 1.61. The van der Waals surface area contributed by atoms with Crippen LogP contribution in [0, 0.1) is 11.8 Å². The van der Waals surface area contributed by atoms with E-state index in [1.54, 1.807) is 35.2 Å². The molecule has 6 heteroatoms. The molecular weight excluding hydrogens is 294 g/mol. The number of halogens is 1. The largest absolute Gasteiger partial charge is 0.550 e. The molecule has 3 aliphatic rings. The van der Waals surface area contributed by atoms with Crippen molar-refractivity contribution in [3.63, 3.8) is 0 Å². The number of ether oxygens (including phenoxy) is 1. The maximum atomic E-state index is 12.7. The fraction of sp³-hybridized carbons (Fsp3) is 0.333. The van der Waals surface area contributed by atoms with Gasteiger partial charge in [-0.1, -0.05) is 29.8 Å². The van der Waals surface area contributed by atoms with Gasteiger partial charge in [-0.05, 0) is 18.2 Å². The molecule has 3 heterocycles. The van der Waals surface area contributed by atoms with Crippen molar-refractivity contribution in [2.24, 2.45) is 11.8 Å². The number of hydrogen-bond acceptors (Lipinski definition) is 4. The van der Waals surface area contributed by atoms with Crippen LogP contribution in [-0.2, 0) is 14.3 Å². The molecule has 21 heavy (non-hydrogen) atoms. The smallest absolute Gasteiger partial charge is 0.234 e. The van der Waals surface area contributed by atoms with Crippen LogP contribution in [0.15, 0.2) is 36.4 Å². The monoisotopic (exact) mass is 304 g/mol.